The minimum atomic E-state index is -1.04. The largest absolute Gasteiger partial charge is 0.481 e. The SMILES string of the molecule is O=C(O)C(Cc1cc(Cl)ccc1Cl)c1cccc(F)c1. The molecule has 1 atom stereocenters. The third-order valence-corrected chi connectivity index (χ3v) is 3.58. The first-order valence-electron chi connectivity index (χ1n) is 5.89. The quantitative estimate of drug-likeness (QED) is 0.899. The van der Waals surface area contributed by atoms with Gasteiger partial charge in [-0.15, -0.1) is 0 Å². The van der Waals surface area contributed by atoms with Crippen LogP contribution in [-0.4, -0.2) is 11.1 Å². The van der Waals surface area contributed by atoms with Gasteiger partial charge in [0.2, 0.25) is 0 Å². The van der Waals surface area contributed by atoms with Crippen LogP contribution in [0.1, 0.15) is 17.0 Å². The molecule has 2 rings (SSSR count). The average molecular weight is 313 g/mol. The second-order valence-corrected chi connectivity index (χ2v) is 5.23. The van der Waals surface area contributed by atoms with Crippen LogP contribution in [0, 0.1) is 5.82 Å². The summed E-state index contributed by atoms with van der Waals surface area (Å²) in [4.78, 5) is 11.4. The zero-order valence-corrected chi connectivity index (χ0v) is 11.8. The van der Waals surface area contributed by atoms with Gasteiger partial charge in [-0.25, -0.2) is 4.39 Å². The van der Waals surface area contributed by atoms with Crippen LogP contribution < -0.4 is 0 Å². The van der Waals surface area contributed by atoms with Crippen LogP contribution in [0.4, 0.5) is 4.39 Å². The number of carbonyl (C=O) groups is 1. The van der Waals surface area contributed by atoms with Gasteiger partial charge in [0.25, 0.3) is 0 Å². The Morgan fingerprint density at radius 2 is 1.95 bits per heavy atom. The molecule has 2 aromatic carbocycles. The standard InChI is InChI=1S/C15H11Cl2FO2/c16-11-4-5-14(17)10(6-11)8-13(15(19)20)9-2-1-3-12(18)7-9/h1-7,13H,8H2,(H,19,20). The fourth-order valence-electron chi connectivity index (χ4n) is 1.99. The van der Waals surface area contributed by atoms with Crippen LogP contribution in [0.5, 0.6) is 0 Å². The first kappa shape index (κ1) is 14.8. The molecule has 20 heavy (non-hydrogen) atoms. The lowest BCUT2D eigenvalue weighted by atomic mass is 9.92. The van der Waals surface area contributed by atoms with Crippen molar-refractivity contribution in [2.24, 2.45) is 0 Å². The van der Waals surface area contributed by atoms with Crippen molar-refractivity contribution in [3.05, 3.63) is 69.5 Å². The monoisotopic (exact) mass is 312 g/mol. The topological polar surface area (TPSA) is 37.3 Å². The first-order valence-corrected chi connectivity index (χ1v) is 6.65. The van der Waals surface area contributed by atoms with E-state index in [-0.39, 0.29) is 6.42 Å². The Labute approximate surface area is 125 Å². The molecule has 1 N–H and O–H groups in total. The number of rotatable bonds is 4. The Bertz CT molecular complexity index is 644. The Morgan fingerprint density at radius 3 is 2.60 bits per heavy atom. The maximum absolute atomic E-state index is 13.2. The second-order valence-electron chi connectivity index (χ2n) is 4.39. The molecule has 1 unspecified atom stereocenters. The molecule has 0 radical (unpaired) electrons. The van der Waals surface area contributed by atoms with Crippen LogP contribution >= 0.6 is 23.2 Å². The van der Waals surface area contributed by atoms with Crippen molar-refractivity contribution in [3.8, 4) is 0 Å². The zero-order chi connectivity index (χ0) is 14.7. The maximum Gasteiger partial charge on any atom is 0.311 e. The number of hydrogen-bond acceptors (Lipinski definition) is 1. The van der Waals surface area contributed by atoms with Crippen molar-refractivity contribution >= 4 is 29.2 Å². The highest BCUT2D eigenvalue weighted by molar-refractivity contribution is 6.33. The summed E-state index contributed by atoms with van der Waals surface area (Å²) in [5, 5.41) is 10.3. The fraction of sp³-hybridized carbons (Fsp3) is 0.133. The molecule has 2 nitrogen and oxygen atoms in total. The highest BCUT2D eigenvalue weighted by atomic mass is 35.5. The van der Waals surface area contributed by atoms with Crippen molar-refractivity contribution in [3.63, 3.8) is 0 Å². The lowest BCUT2D eigenvalue weighted by Crippen LogP contribution is -2.15. The van der Waals surface area contributed by atoms with E-state index in [2.05, 4.69) is 0 Å². The van der Waals surface area contributed by atoms with E-state index in [9.17, 15) is 14.3 Å². The molecule has 0 saturated heterocycles. The van der Waals surface area contributed by atoms with Gasteiger partial charge < -0.3 is 5.11 Å². The lowest BCUT2D eigenvalue weighted by molar-refractivity contribution is -0.138. The molecule has 0 bridgehead atoms. The Kier molecular flexibility index (Phi) is 4.63. The minimum absolute atomic E-state index is 0.151. The van der Waals surface area contributed by atoms with Gasteiger partial charge in [-0.05, 0) is 47.9 Å². The highest BCUT2D eigenvalue weighted by Gasteiger charge is 2.22. The number of aliphatic carboxylic acids is 1. The molecule has 0 spiro atoms. The normalized spacial score (nSPS) is 12.2. The predicted octanol–water partition coefficient (Wildman–Crippen LogP) is 4.54. The van der Waals surface area contributed by atoms with Crippen LogP contribution in [0.2, 0.25) is 10.0 Å². The maximum atomic E-state index is 13.2. The van der Waals surface area contributed by atoms with Crippen molar-refractivity contribution in [1.82, 2.24) is 0 Å². The molecule has 0 aliphatic carbocycles. The molecular weight excluding hydrogens is 302 g/mol. The zero-order valence-electron chi connectivity index (χ0n) is 10.3. The molecule has 0 heterocycles. The molecule has 0 fully saturated rings. The van der Waals surface area contributed by atoms with E-state index < -0.39 is 17.7 Å². The number of benzene rings is 2. The smallest absolute Gasteiger partial charge is 0.311 e. The Balaban J connectivity index is 2.35. The van der Waals surface area contributed by atoms with Crippen molar-refractivity contribution in [1.29, 1.82) is 0 Å². The average Bonchev–Trinajstić information content (AvgIpc) is 2.39. The molecular formula is C15H11Cl2FO2. The van der Waals surface area contributed by atoms with Crippen molar-refractivity contribution in [2.45, 2.75) is 12.3 Å². The first-order chi connectivity index (χ1) is 9.47. The molecule has 0 aliphatic rings. The molecule has 104 valence electrons. The van der Waals surface area contributed by atoms with E-state index in [1.807, 2.05) is 0 Å². The predicted molar refractivity (Wildman–Crippen MR) is 76.9 cm³/mol. The van der Waals surface area contributed by atoms with Gasteiger partial charge in [0.15, 0.2) is 0 Å². The van der Waals surface area contributed by atoms with Gasteiger partial charge in [-0.1, -0.05) is 35.3 Å². The summed E-state index contributed by atoms with van der Waals surface area (Å²) in [5.74, 6) is -2.38. The summed E-state index contributed by atoms with van der Waals surface area (Å²) in [7, 11) is 0. The summed E-state index contributed by atoms with van der Waals surface area (Å²) in [5.41, 5.74) is 1.02. The van der Waals surface area contributed by atoms with E-state index in [1.165, 1.54) is 18.2 Å². The molecule has 0 amide bonds. The van der Waals surface area contributed by atoms with Crippen LogP contribution in [0.3, 0.4) is 0 Å². The molecule has 0 aliphatic heterocycles. The van der Waals surface area contributed by atoms with Gasteiger partial charge in [-0.3, -0.25) is 4.79 Å². The molecule has 0 saturated carbocycles. The summed E-state index contributed by atoms with van der Waals surface area (Å²) >= 11 is 11.9. The third-order valence-electron chi connectivity index (χ3n) is 2.98. The number of hydrogen-bond donors (Lipinski definition) is 1. The lowest BCUT2D eigenvalue weighted by Gasteiger charge is -2.14. The van der Waals surface area contributed by atoms with Crippen LogP contribution in [0.15, 0.2) is 42.5 Å². The van der Waals surface area contributed by atoms with Crippen molar-refractivity contribution in [2.75, 3.05) is 0 Å². The molecule has 5 heteroatoms. The van der Waals surface area contributed by atoms with E-state index in [0.717, 1.165) is 0 Å². The number of carboxylic acid groups (broad SMARTS) is 1. The highest BCUT2D eigenvalue weighted by Crippen LogP contribution is 2.28. The van der Waals surface area contributed by atoms with E-state index in [1.54, 1.807) is 24.3 Å². The summed E-state index contributed by atoms with van der Waals surface area (Å²) in [6.07, 6.45) is 0.151. The van der Waals surface area contributed by atoms with Gasteiger partial charge >= 0.3 is 5.97 Å². The van der Waals surface area contributed by atoms with E-state index in [0.29, 0.717) is 21.2 Å². The minimum Gasteiger partial charge on any atom is -0.481 e. The number of carboxylic acids is 1. The second kappa shape index (κ2) is 6.25. The fourth-order valence-corrected chi connectivity index (χ4v) is 2.38. The van der Waals surface area contributed by atoms with E-state index in [4.69, 9.17) is 23.2 Å². The molecule has 0 aromatic heterocycles. The van der Waals surface area contributed by atoms with E-state index >= 15 is 0 Å². The molecule has 2 aromatic rings. The summed E-state index contributed by atoms with van der Waals surface area (Å²) in [6, 6.07) is 10.4. The third kappa shape index (κ3) is 3.50. The van der Waals surface area contributed by atoms with Crippen LogP contribution in [0.25, 0.3) is 0 Å². The van der Waals surface area contributed by atoms with Gasteiger partial charge in [0, 0.05) is 10.0 Å². The summed E-state index contributed by atoms with van der Waals surface area (Å²) < 4.78 is 13.2. The van der Waals surface area contributed by atoms with Crippen molar-refractivity contribution < 1.29 is 14.3 Å². The van der Waals surface area contributed by atoms with Gasteiger partial charge in [-0.2, -0.15) is 0 Å². The van der Waals surface area contributed by atoms with Crippen LogP contribution in [-0.2, 0) is 11.2 Å². The van der Waals surface area contributed by atoms with Gasteiger partial charge in [0.1, 0.15) is 5.82 Å². The number of halogens is 3. The van der Waals surface area contributed by atoms with Gasteiger partial charge in [0.05, 0.1) is 5.92 Å². The summed E-state index contributed by atoms with van der Waals surface area (Å²) in [6.45, 7) is 0. The Hall–Kier alpha value is -1.58. The Morgan fingerprint density at radius 1 is 1.20 bits per heavy atom.